The molecular formula is C38H46N2. The number of benzene rings is 4. The maximum absolute atomic E-state index is 2.63. The first kappa shape index (κ1) is 28.0. The average molecular weight is 531 g/mol. The lowest BCUT2D eigenvalue weighted by Gasteiger charge is -2.35. The SMILES string of the molecule is Cc1ccc(C)c(N2Cc3ccc(C(C)(C)C)cc3CN(c3cc(C)ccc3C)Cc3c(C)ccc(C)c3C2)c1. The molecule has 0 amide bonds. The summed E-state index contributed by atoms with van der Waals surface area (Å²) in [6, 6.07) is 25.6. The van der Waals surface area contributed by atoms with Gasteiger partial charge in [-0.1, -0.05) is 75.4 Å². The van der Waals surface area contributed by atoms with Crippen molar-refractivity contribution in [2.24, 2.45) is 0 Å². The highest BCUT2D eigenvalue weighted by atomic mass is 15.2. The van der Waals surface area contributed by atoms with Gasteiger partial charge in [-0.05, 0) is 120 Å². The molecule has 4 aromatic rings. The Labute approximate surface area is 242 Å². The quantitative estimate of drug-likeness (QED) is 0.255. The minimum atomic E-state index is 0.0988. The Morgan fingerprint density at radius 1 is 0.475 bits per heavy atom. The molecule has 0 spiro atoms. The Kier molecular flexibility index (Phi) is 7.57. The Morgan fingerprint density at radius 3 is 1.40 bits per heavy atom. The number of anilines is 2. The minimum Gasteiger partial charge on any atom is -0.363 e. The van der Waals surface area contributed by atoms with Gasteiger partial charge in [0.15, 0.2) is 0 Å². The molecule has 0 saturated heterocycles. The molecule has 0 atom stereocenters. The predicted molar refractivity (Wildman–Crippen MR) is 173 cm³/mol. The highest BCUT2D eigenvalue weighted by Gasteiger charge is 2.24. The molecule has 0 aliphatic carbocycles. The second kappa shape index (κ2) is 10.8. The van der Waals surface area contributed by atoms with Crippen molar-refractivity contribution in [3.05, 3.63) is 128 Å². The molecule has 1 heterocycles. The zero-order valence-corrected chi connectivity index (χ0v) is 26.1. The zero-order valence-electron chi connectivity index (χ0n) is 26.1. The summed E-state index contributed by atoms with van der Waals surface area (Å²) in [4.78, 5) is 5.25. The van der Waals surface area contributed by atoms with E-state index in [0.717, 1.165) is 26.2 Å². The van der Waals surface area contributed by atoms with Crippen LogP contribution < -0.4 is 9.80 Å². The summed E-state index contributed by atoms with van der Waals surface area (Å²) in [5, 5.41) is 0. The van der Waals surface area contributed by atoms with E-state index in [0.29, 0.717) is 0 Å². The summed E-state index contributed by atoms with van der Waals surface area (Å²) < 4.78 is 0. The molecule has 0 unspecified atom stereocenters. The molecule has 2 heteroatoms. The number of hydrogen-bond donors (Lipinski definition) is 0. The van der Waals surface area contributed by atoms with Crippen molar-refractivity contribution in [2.45, 2.75) is 93.9 Å². The summed E-state index contributed by atoms with van der Waals surface area (Å²) in [6.45, 7) is 24.0. The third-order valence-electron chi connectivity index (χ3n) is 8.80. The van der Waals surface area contributed by atoms with Crippen LogP contribution in [0.2, 0.25) is 0 Å². The Bertz CT molecular complexity index is 1550. The first-order valence-electron chi connectivity index (χ1n) is 14.8. The van der Waals surface area contributed by atoms with Gasteiger partial charge in [0.2, 0.25) is 0 Å². The van der Waals surface area contributed by atoms with Crippen LogP contribution in [0.25, 0.3) is 0 Å². The largest absolute Gasteiger partial charge is 0.363 e. The number of fused-ring (bicyclic) bond motifs is 2. The number of nitrogens with zero attached hydrogens (tertiary/aromatic N) is 2. The van der Waals surface area contributed by atoms with E-state index in [1.165, 1.54) is 72.6 Å². The van der Waals surface area contributed by atoms with Crippen molar-refractivity contribution >= 4 is 11.4 Å². The first-order chi connectivity index (χ1) is 18.9. The van der Waals surface area contributed by atoms with Gasteiger partial charge in [-0.15, -0.1) is 0 Å². The van der Waals surface area contributed by atoms with Crippen LogP contribution in [0, 0.1) is 41.5 Å². The molecule has 40 heavy (non-hydrogen) atoms. The third-order valence-corrected chi connectivity index (χ3v) is 8.80. The molecule has 208 valence electrons. The second-order valence-corrected chi connectivity index (χ2v) is 13.2. The Balaban J connectivity index is 1.75. The monoisotopic (exact) mass is 530 g/mol. The standard InChI is InChI=1S/C38H46N2/c1-25-10-12-29(5)36(18-25)39-21-31-16-17-33(38(7,8)9)20-32(31)22-40(37-19-26(2)11-13-30(37)6)24-35-28(4)15-14-27(3)34(35)23-39/h10-20H,21-24H2,1-9H3. The maximum Gasteiger partial charge on any atom is 0.0439 e. The van der Waals surface area contributed by atoms with Gasteiger partial charge in [0.05, 0.1) is 0 Å². The Morgan fingerprint density at radius 2 is 0.925 bits per heavy atom. The molecule has 0 saturated carbocycles. The van der Waals surface area contributed by atoms with Gasteiger partial charge in [-0.25, -0.2) is 0 Å². The number of aryl methyl sites for hydroxylation is 6. The molecule has 4 aromatic carbocycles. The van der Waals surface area contributed by atoms with Crippen LogP contribution in [-0.2, 0) is 31.6 Å². The summed E-state index contributed by atoms with van der Waals surface area (Å²) in [6.07, 6.45) is 0. The molecule has 0 fully saturated rings. The van der Waals surface area contributed by atoms with Gasteiger partial charge in [-0.3, -0.25) is 0 Å². The van der Waals surface area contributed by atoms with Gasteiger partial charge >= 0.3 is 0 Å². The van der Waals surface area contributed by atoms with E-state index < -0.39 is 0 Å². The predicted octanol–water partition coefficient (Wildman–Crippen LogP) is 9.56. The summed E-state index contributed by atoms with van der Waals surface area (Å²) in [7, 11) is 0. The highest BCUT2D eigenvalue weighted by Crippen LogP contribution is 2.35. The molecule has 0 N–H and O–H groups in total. The van der Waals surface area contributed by atoms with Crippen molar-refractivity contribution in [1.29, 1.82) is 0 Å². The second-order valence-electron chi connectivity index (χ2n) is 13.2. The minimum absolute atomic E-state index is 0.0988. The molecule has 2 nitrogen and oxygen atoms in total. The molecular weight excluding hydrogens is 484 g/mol. The van der Waals surface area contributed by atoms with Crippen LogP contribution in [-0.4, -0.2) is 0 Å². The van der Waals surface area contributed by atoms with E-state index in [4.69, 9.17) is 0 Å². The van der Waals surface area contributed by atoms with Crippen molar-refractivity contribution < 1.29 is 0 Å². The molecule has 0 aromatic heterocycles. The normalized spacial score (nSPS) is 14.1. The van der Waals surface area contributed by atoms with E-state index >= 15 is 0 Å². The molecule has 0 radical (unpaired) electrons. The van der Waals surface area contributed by atoms with Crippen molar-refractivity contribution in [3.63, 3.8) is 0 Å². The Hall–Kier alpha value is -3.52. The zero-order chi connectivity index (χ0) is 28.8. The highest BCUT2D eigenvalue weighted by molar-refractivity contribution is 5.60. The molecule has 5 rings (SSSR count). The van der Waals surface area contributed by atoms with Gasteiger partial charge < -0.3 is 9.80 Å². The summed E-state index contributed by atoms with van der Waals surface area (Å²) in [5.41, 5.74) is 18.0. The lowest BCUT2D eigenvalue weighted by atomic mass is 9.84. The van der Waals surface area contributed by atoms with Gasteiger partial charge in [0, 0.05) is 37.6 Å². The average Bonchev–Trinajstić information content (AvgIpc) is 2.90. The topological polar surface area (TPSA) is 6.48 Å². The van der Waals surface area contributed by atoms with Crippen molar-refractivity contribution in [1.82, 2.24) is 0 Å². The van der Waals surface area contributed by atoms with Crippen molar-refractivity contribution in [3.8, 4) is 0 Å². The molecule has 0 bridgehead atoms. The van der Waals surface area contributed by atoms with Gasteiger partial charge in [-0.2, -0.15) is 0 Å². The van der Waals surface area contributed by atoms with Crippen LogP contribution in [0.15, 0.2) is 66.7 Å². The maximum atomic E-state index is 2.63. The van der Waals surface area contributed by atoms with E-state index in [-0.39, 0.29) is 5.41 Å². The van der Waals surface area contributed by atoms with E-state index in [1.807, 2.05) is 0 Å². The van der Waals surface area contributed by atoms with Gasteiger partial charge in [0.1, 0.15) is 0 Å². The van der Waals surface area contributed by atoms with Crippen LogP contribution in [0.1, 0.15) is 82.0 Å². The fraction of sp³-hybridized carbons (Fsp3) is 0.368. The van der Waals surface area contributed by atoms with E-state index in [2.05, 4.69) is 139 Å². The van der Waals surface area contributed by atoms with Crippen LogP contribution in [0.5, 0.6) is 0 Å². The fourth-order valence-electron chi connectivity index (χ4n) is 6.13. The van der Waals surface area contributed by atoms with Crippen LogP contribution in [0.4, 0.5) is 11.4 Å². The molecule has 1 aliphatic heterocycles. The lowest BCUT2D eigenvalue weighted by Crippen LogP contribution is -2.31. The first-order valence-corrected chi connectivity index (χ1v) is 14.8. The smallest absolute Gasteiger partial charge is 0.0439 e. The third kappa shape index (κ3) is 5.68. The lowest BCUT2D eigenvalue weighted by molar-refractivity contribution is 0.588. The van der Waals surface area contributed by atoms with E-state index in [9.17, 15) is 0 Å². The summed E-state index contributed by atoms with van der Waals surface area (Å²) in [5.74, 6) is 0. The van der Waals surface area contributed by atoms with Gasteiger partial charge in [0.25, 0.3) is 0 Å². The summed E-state index contributed by atoms with van der Waals surface area (Å²) >= 11 is 0. The van der Waals surface area contributed by atoms with Crippen LogP contribution >= 0.6 is 0 Å². The number of hydrogen-bond acceptors (Lipinski definition) is 2. The fourth-order valence-corrected chi connectivity index (χ4v) is 6.13. The number of rotatable bonds is 2. The van der Waals surface area contributed by atoms with Crippen molar-refractivity contribution in [2.75, 3.05) is 9.80 Å². The van der Waals surface area contributed by atoms with E-state index in [1.54, 1.807) is 0 Å². The molecule has 1 aliphatic rings. The van der Waals surface area contributed by atoms with Crippen LogP contribution in [0.3, 0.4) is 0 Å².